The molecule has 1 heterocycles. The lowest BCUT2D eigenvalue weighted by molar-refractivity contribution is -0.113. The number of hydrogen-bond donors (Lipinski definition) is 0. The molecule has 2 radical (unpaired) electrons. The minimum absolute atomic E-state index is 0.282. The van der Waals surface area contributed by atoms with Gasteiger partial charge >= 0.3 is 0 Å². The fourth-order valence-corrected chi connectivity index (χ4v) is 10.5. The van der Waals surface area contributed by atoms with Gasteiger partial charge in [-0.1, -0.05) is 53.7 Å². The molecule has 2 rings (SSSR count). The van der Waals surface area contributed by atoms with Crippen LogP contribution in [-0.4, -0.2) is 54.6 Å². The Morgan fingerprint density at radius 1 is 1.06 bits per heavy atom. The lowest BCUT2D eigenvalue weighted by Gasteiger charge is -2.44. The van der Waals surface area contributed by atoms with Crippen molar-refractivity contribution < 1.29 is 23.3 Å². The maximum atomic E-state index is 6.81. The molecular weight excluding hydrogens is 437 g/mol. The topological polar surface area (TPSA) is 46.2 Å². The molecule has 4 atom stereocenters. The van der Waals surface area contributed by atoms with E-state index in [1.54, 1.807) is 13.4 Å². The van der Waals surface area contributed by atoms with Crippen molar-refractivity contribution in [2.24, 2.45) is 0 Å². The number of methoxy groups -OCH3 is 1. The van der Waals surface area contributed by atoms with E-state index >= 15 is 0 Å². The third-order valence-corrected chi connectivity index (χ3v) is 12.6. The van der Waals surface area contributed by atoms with Gasteiger partial charge in [0.15, 0.2) is 0 Å². The Hall–Kier alpha value is -0.783. The van der Waals surface area contributed by atoms with E-state index < -0.39 is 14.8 Å². The first-order valence-electron chi connectivity index (χ1n) is 11.5. The van der Waals surface area contributed by atoms with Gasteiger partial charge < -0.3 is 23.3 Å². The number of rotatable bonds is 12. The summed E-state index contributed by atoms with van der Waals surface area (Å²) >= 11 is 0. The quantitative estimate of drug-likeness (QED) is 0.311. The van der Waals surface area contributed by atoms with E-state index in [-0.39, 0.29) is 18.3 Å². The Labute approximate surface area is 199 Å². The van der Waals surface area contributed by atoms with E-state index in [4.69, 9.17) is 31.0 Å². The van der Waals surface area contributed by atoms with E-state index in [9.17, 15) is 0 Å². The Morgan fingerprint density at radius 2 is 1.66 bits per heavy atom. The van der Waals surface area contributed by atoms with Gasteiger partial charge in [0.2, 0.25) is 8.32 Å². The summed E-state index contributed by atoms with van der Waals surface area (Å²) in [7, 11) is 8.00. The van der Waals surface area contributed by atoms with Crippen LogP contribution in [0.5, 0.6) is 5.75 Å². The predicted octanol–water partition coefficient (Wildman–Crippen LogP) is 5.10. The summed E-state index contributed by atoms with van der Waals surface area (Å²) in [5.41, 5.74) is 2.53. The lowest BCUT2D eigenvalue weighted by atomic mass is 9.69. The second-order valence-corrected chi connectivity index (χ2v) is 15.4. The first-order valence-corrected chi connectivity index (χ1v) is 14.3. The van der Waals surface area contributed by atoms with E-state index in [1.165, 1.54) is 0 Å². The molecule has 0 saturated heterocycles. The molecule has 0 bridgehead atoms. The molecule has 0 saturated carbocycles. The maximum absolute atomic E-state index is 6.81. The molecule has 0 N–H and O–H groups in total. The van der Waals surface area contributed by atoms with Gasteiger partial charge in [0, 0.05) is 0 Å². The van der Waals surface area contributed by atoms with Gasteiger partial charge in [0.25, 0.3) is 6.53 Å². The second kappa shape index (κ2) is 12.6. The summed E-state index contributed by atoms with van der Waals surface area (Å²) in [6.45, 7) is 14.1. The Balaban J connectivity index is 2.18. The molecule has 0 spiro atoms. The Kier molecular flexibility index (Phi) is 10.8. The summed E-state index contributed by atoms with van der Waals surface area (Å²) in [6, 6.07) is 7.85. The van der Waals surface area contributed by atoms with Gasteiger partial charge in [0.05, 0.1) is 40.4 Å². The largest absolute Gasteiger partial charge is 0.497 e. The van der Waals surface area contributed by atoms with Gasteiger partial charge in [-0.2, -0.15) is 0 Å². The summed E-state index contributed by atoms with van der Waals surface area (Å²) in [4.78, 5) is 0. The minimum atomic E-state index is -2.04. The third-order valence-electron chi connectivity index (χ3n) is 6.33. The van der Waals surface area contributed by atoms with Crippen LogP contribution in [0.2, 0.25) is 16.6 Å². The van der Waals surface area contributed by atoms with Crippen molar-refractivity contribution in [2.75, 3.05) is 13.7 Å². The molecule has 1 aromatic carbocycles. The monoisotopic (exact) mass is 476 g/mol. The van der Waals surface area contributed by atoms with Gasteiger partial charge in [0.1, 0.15) is 18.0 Å². The van der Waals surface area contributed by atoms with Crippen molar-refractivity contribution in [2.45, 2.75) is 83.1 Å². The Bertz CT molecular complexity index is 693. The fourth-order valence-electron chi connectivity index (χ4n) is 4.90. The maximum Gasteiger partial charge on any atom is 0.258 e. The molecule has 0 amide bonds. The third kappa shape index (κ3) is 6.86. The van der Waals surface area contributed by atoms with Crippen molar-refractivity contribution in [3.05, 3.63) is 42.2 Å². The highest BCUT2D eigenvalue weighted by molar-refractivity contribution is 7.70. The zero-order valence-corrected chi connectivity index (χ0v) is 22.8. The van der Waals surface area contributed by atoms with Crippen LogP contribution in [0, 0.1) is 0 Å². The second-order valence-electron chi connectivity index (χ2n) is 9.32. The number of benzene rings is 1. The molecular formula is C23H39B2O5PSi. The van der Waals surface area contributed by atoms with Crippen molar-refractivity contribution in [1.82, 2.24) is 0 Å². The van der Waals surface area contributed by atoms with E-state index in [1.807, 2.05) is 30.3 Å². The number of ether oxygens (including phenoxy) is 3. The molecule has 0 aliphatic carbocycles. The minimum Gasteiger partial charge on any atom is -0.497 e. The van der Waals surface area contributed by atoms with Crippen molar-refractivity contribution in [1.29, 1.82) is 0 Å². The normalized spacial score (nSPS) is 21.3. The molecule has 1 aliphatic rings. The smallest absolute Gasteiger partial charge is 0.258 e. The highest BCUT2D eigenvalue weighted by Crippen LogP contribution is 2.42. The van der Waals surface area contributed by atoms with Crippen molar-refractivity contribution in [3.8, 4) is 5.75 Å². The first kappa shape index (κ1) is 27.5. The van der Waals surface area contributed by atoms with Crippen LogP contribution >= 0.6 is 9.12 Å². The van der Waals surface area contributed by atoms with E-state index in [0.717, 1.165) is 11.3 Å². The van der Waals surface area contributed by atoms with E-state index in [2.05, 4.69) is 50.7 Å². The van der Waals surface area contributed by atoms with Crippen LogP contribution < -0.4 is 4.74 Å². The van der Waals surface area contributed by atoms with Crippen molar-refractivity contribution in [3.63, 3.8) is 0 Å². The molecule has 9 heteroatoms. The van der Waals surface area contributed by atoms with Crippen LogP contribution in [-0.2, 0) is 25.2 Å². The lowest BCUT2D eigenvalue weighted by Crippen LogP contribution is -2.53. The van der Waals surface area contributed by atoms with Crippen LogP contribution in [0.4, 0.5) is 0 Å². The van der Waals surface area contributed by atoms with Crippen LogP contribution in [0.3, 0.4) is 0 Å². The van der Waals surface area contributed by atoms with Gasteiger partial charge in [-0.3, -0.25) is 0 Å². The van der Waals surface area contributed by atoms with Crippen molar-refractivity contribution >= 4 is 31.7 Å². The van der Waals surface area contributed by atoms with Crippen LogP contribution in [0.1, 0.15) is 47.1 Å². The zero-order chi connectivity index (χ0) is 23.9. The molecule has 0 fully saturated rings. The van der Waals surface area contributed by atoms with Gasteiger partial charge in [-0.25, -0.2) is 0 Å². The zero-order valence-electron chi connectivity index (χ0n) is 20.6. The highest BCUT2D eigenvalue weighted by atomic mass is 31.0. The molecule has 1 aliphatic heterocycles. The SMILES string of the molecule is [B]B(P)O[C@@H]1C=COC(CO[Si](C(C)C)(C(C)C)C(C)C)[C@H]1OCc1ccc(OC)cc1. The standard InChI is InChI=1S/C23H39B2O5PSi/c1-16(2)32(17(3)4,18(5)6)29-15-22-23(21(12-13-27-22)30-25(24)31)28-14-19-8-10-20(26-7)11-9-19/h8-13,16-18,21-23H,14-15,31H2,1-7H3/t21-,22?,23+/m1/s1. The average Bonchev–Trinajstić information content (AvgIpc) is 2.72. The molecule has 2 unspecified atom stereocenters. The summed E-state index contributed by atoms with van der Waals surface area (Å²) in [5.74, 6) is 0.816. The fraction of sp³-hybridized carbons (Fsp3) is 0.652. The van der Waals surface area contributed by atoms with Gasteiger partial charge in [-0.05, 0) is 40.4 Å². The molecule has 0 aromatic heterocycles. The van der Waals surface area contributed by atoms with Gasteiger partial charge in [-0.15, -0.1) is 9.12 Å². The summed E-state index contributed by atoms with van der Waals surface area (Å²) in [5, 5.41) is 0. The highest BCUT2D eigenvalue weighted by Gasteiger charge is 2.46. The Morgan fingerprint density at radius 3 is 2.16 bits per heavy atom. The average molecular weight is 476 g/mol. The van der Waals surface area contributed by atoms with Crippen LogP contribution in [0.15, 0.2) is 36.6 Å². The summed E-state index contributed by atoms with van der Waals surface area (Å²) in [6.07, 6.45) is 2.60. The molecule has 32 heavy (non-hydrogen) atoms. The predicted molar refractivity (Wildman–Crippen MR) is 139 cm³/mol. The molecule has 5 nitrogen and oxygen atoms in total. The first-order chi connectivity index (χ1) is 15.1. The number of hydrogen-bond acceptors (Lipinski definition) is 5. The van der Waals surface area contributed by atoms with Crippen LogP contribution in [0.25, 0.3) is 0 Å². The van der Waals surface area contributed by atoms with E-state index in [0.29, 0.717) is 29.8 Å². The summed E-state index contributed by atoms with van der Waals surface area (Å²) < 4.78 is 30.3. The molecule has 176 valence electrons. The molecule has 1 aromatic rings.